The standard InChI is InChI=1S/C16H14O3/c1-19-16(18)14-9-7-13(8-10-14)15(17)11-12-5-3-2-4-6-12/h2-10H,11H2,1H3. The molecule has 2 aromatic carbocycles. The highest BCUT2D eigenvalue weighted by molar-refractivity contribution is 5.98. The molecule has 0 saturated carbocycles. The molecule has 0 aliphatic carbocycles. The number of esters is 1. The lowest BCUT2D eigenvalue weighted by Gasteiger charge is -2.03. The molecule has 0 spiro atoms. The summed E-state index contributed by atoms with van der Waals surface area (Å²) in [4.78, 5) is 23.3. The van der Waals surface area contributed by atoms with Crippen molar-refractivity contribution < 1.29 is 14.3 Å². The Balaban J connectivity index is 2.10. The van der Waals surface area contributed by atoms with Crippen molar-refractivity contribution in [1.82, 2.24) is 0 Å². The molecule has 0 bridgehead atoms. The minimum Gasteiger partial charge on any atom is -0.465 e. The van der Waals surface area contributed by atoms with Crippen LogP contribution in [0.2, 0.25) is 0 Å². The molecule has 0 unspecified atom stereocenters. The largest absolute Gasteiger partial charge is 0.465 e. The number of ether oxygens (including phenoxy) is 1. The summed E-state index contributed by atoms with van der Waals surface area (Å²) in [5.74, 6) is -0.371. The van der Waals surface area contributed by atoms with Gasteiger partial charge in [-0.2, -0.15) is 0 Å². The van der Waals surface area contributed by atoms with Crippen molar-refractivity contribution in [3.8, 4) is 0 Å². The van der Waals surface area contributed by atoms with Crippen molar-refractivity contribution in [3.63, 3.8) is 0 Å². The van der Waals surface area contributed by atoms with Crippen molar-refractivity contribution in [2.75, 3.05) is 7.11 Å². The molecule has 0 aromatic heterocycles. The Morgan fingerprint density at radius 1 is 0.895 bits per heavy atom. The molecule has 0 radical (unpaired) electrons. The Morgan fingerprint density at radius 3 is 2.05 bits per heavy atom. The first-order valence-electron chi connectivity index (χ1n) is 5.96. The van der Waals surface area contributed by atoms with Crippen LogP contribution in [0.3, 0.4) is 0 Å². The van der Waals surface area contributed by atoms with Gasteiger partial charge in [0.15, 0.2) is 5.78 Å². The molecular weight excluding hydrogens is 240 g/mol. The van der Waals surface area contributed by atoms with Crippen molar-refractivity contribution >= 4 is 11.8 Å². The van der Waals surface area contributed by atoms with Gasteiger partial charge in [-0.15, -0.1) is 0 Å². The maximum absolute atomic E-state index is 12.0. The number of hydrogen-bond acceptors (Lipinski definition) is 3. The van der Waals surface area contributed by atoms with Crippen LogP contribution in [0.5, 0.6) is 0 Å². The van der Waals surface area contributed by atoms with E-state index in [1.165, 1.54) is 7.11 Å². The second-order valence-electron chi connectivity index (χ2n) is 4.15. The van der Waals surface area contributed by atoms with Crippen LogP contribution in [0.15, 0.2) is 54.6 Å². The van der Waals surface area contributed by atoms with E-state index in [0.29, 0.717) is 17.5 Å². The van der Waals surface area contributed by atoms with Gasteiger partial charge >= 0.3 is 5.97 Å². The highest BCUT2D eigenvalue weighted by atomic mass is 16.5. The lowest BCUT2D eigenvalue weighted by atomic mass is 10.0. The van der Waals surface area contributed by atoms with Crippen LogP contribution in [0, 0.1) is 0 Å². The molecule has 0 atom stereocenters. The van der Waals surface area contributed by atoms with E-state index in [0.717, 1.165) is 5.56 Å². The average Bonchev–Trinajstić information content (AvgIpc) is 2.47. The van der Waals surface area contributed by atoms with E-state index < -0.39 is 5.97 Å². The number of benzene rings is 2. The number of carbonyl (C=O) groups is 2. The Kier molecular flexibility index (Phi) is 4.08. The molecule has 2 rings (SSSR count). The topological polar surface area (TPSA) is 43.4 Å². The number of rotatable bonds is 4. The van der Waals surface area contributed by atoms with Crippen LogP contribution in [-0.4, -0.2) is 18.9 Å². The summed E-state index contributed by atoms with van der Waals surface area (Å²) in [6, 6.07) is 16.1. The second kappa shape index (κ2) is 5.96. The fraction of sp³-hybridized carbons (Fsp3) is 0.125. The van der Waals surface area contributed by atoms with E-state index in [4.69, 9.17) is 0 Å². The van der Waals surface area contributed by atoms with Crippen LogP contribution in [0.4, 0.5) is 0 Å². The molecule has 3 heteroatoms. The van der Waals surface area contributed by atoms with Gasteiger partial charge < -0.3 is 4.74 Å². The van der Waals surface area contributed by atoms with Crippen molar-refractivity contribution in [2.24, 2.45) is 0 Å². The van der Waals surface area contributed by atoms with E-state index in [9.17, 15) is 9.59 Å². The molecule has 0 heterocycles. The number of methoxy groups -OCH3 is 1. The lowest BCUT2D eigenvalue weighted by Crippen LogP contribution is -2.05. The van der Waals surface area contributed by atoms with Crippen LogP contribution < -0.4 is 0 Å². The monoisotopic (exact) mass is 254 g/mol. The van der Waals surface area contributed by atoms with Gasteiger partial charge in [0.2, 0.25) is 0 Å². The molecule has 19 heavy (non-hydrogen) atoms. The maximum atomic E-state index is 12.0. The fourth-order valence-corrected chi connectivity index (χ4v) is 1.79. The zero-order valence-corrected chi connectivity index (χ0v) is 10.6. The Labute approximate surface area is 111 Å². The maximum Gasteiger partial charge on any atom is 0.337 e. The Bertz CT molecular complexity index is 571. The number of ketones is 1. The molecule has 0 amide bonds. The lowest BCUT2D eigenvalue weighted by molar-refractivity contribution is 0.0600. The smallest absolute Gasteiger partial charge is 0.337 e. The Morgan fingerprint density at radius 2 is 1.47 bits per heavy atom. The summed E-state index contributed by atoms with van der Waals surface area (Å²) in [5.41, 5.74) is 2.01. The van der Waals surface area contributed by atoms with Gasteiger partial charge in [0.1, 0.15) is 0 Å². The van der Waals surface area contributed by atoms with Crippen LogP contribution in [-0.2, 0) is 11.2 Å². The summed E-state index contributed by atoms with van der Waals surface area (Å²) < 4.78 is 4.61. The predicted octanol–water partition coefficient (Wildman–Crippen LogP) is 2.90. The zero-order chi connectivity index (χ0) is 13.7. The van der Waals surface area contributed by atoms with Gasteiger partial charge in [-0.25, -0.2) is 4.79 Å². The van der Waals surface area contributed by atoms with Gasteiger partial charge in [0.05, 0.1) is 12.7 Å². The first-order valence-corrected chi connectivity index (χ1v) is 5.96. The van der Waals surface area contributed by atoms with Crippen molar-refractivity contribution in [3.05, 3.63) is 71.3 Å². The third kappa shape index (κ3) is 3.28. The third-order valence-electron chi connectivity index (χ3n) is 2.84. The fourth-order valence-electron chi connectivity index (χ4n) is 1.79. The molecule has 0 fully saturated rings. The first-order chi connectivity index (χ1) is 9.20. The molecule has 0 aliphatic rings. The Hall–Kier alpha value is -2.42. The second-order valence-corrected chi connectivity index (χ2v) is 4.15. The van der Waals surface area contributed by atoms with Gasteiger partial charge in [0, 0.05) is 12.0 Å². The molecular formula is C16H14O3. The molecule has 0 N–H and O–H groups in total. The van der Waals surface area contributed by atoms with Gasteiger partial charge in [-0.3, -0.25) is 4.79 Å². The van der Waals surface area contributed by atoms with E-state index in [2.05, 4.69) is 4.74 Å². The minimum atomic E-state index is -0.401. The molecule has 0 aliphatic heterocycles. The minimum absolute atomic E-state index is 0.0302. The normalized spacial score (nSPS) is 9.95. The van der Waals surface area contributed by atoms with E-state index in [1.807, 2.05) is 30.3 Å². The third-order valence-corrected chi connectivity index (χ3v) is 2.84. The summed E-state index contributed by atoms with van der Waals surface area (Å²) in [6.45, 7) is 0. The number of hydrogen-bond donors (Lipinski definition) is 0. The average molecular weight is 254 g/mol. The molecule has 0 saturated heterocycles. The van der Waals surface area contributed by atoms with E-state index in [-0.39, 0.29) is 5.78 Å². The molecule has 96 valence electrons. The summed E-state index contributed by atoms with van der Waals surface area (Å²) in [6.07, 6.45) is 0.360. The SMILES string of the molecule is COC(=O)c1ccc(C(=O)Cc2ccccc2)cc1. The number of carbonyl (C=O) groups excluding carboxylic acids is 2. The van der Waals surface area contributed by atoms with Crippen LogP contribution in [0.1, 0.15) is 26.3 Å². The van der Waals surface area contributed by atoms with Gasteiger partial charge in [0.25, 0.3) is 0 Å². The predicted molar refractivity (Wildman–Crippen MR) is 72.3 cm³/mol. The summed E-state index contributed by atoms with van der Waals surface area (Å²) in [7, 11) is 1.33. The van der Waals surface area contributed by atoms with Crippen LogP contribution >= 0.6 is 0 Å². The number of Topliss-reactive ketones (excluding diaryl/α,β-unsaturated/α-hetero) is 1. The van der Waals surface area contributed by atoms with Crippen molar-refractivity contribution in [1.29, 1.82) is 0 Å². The summed E-state index contributed by atoms with van der Waals surface area (Å²) in [5, 5.41) is 0. The van der Waals surface area contributed by atoms with Gasteiger partial charge in [-0.05, 0) is 17.7 Å². The quantitative estimate of drug-likeness (QED) is 0.622. The first kappa shape index (κ1) is 13.0. The van der Waals surface area contributed by atoms with Crippen LogP contribution in [0.25, 0.3) is 0 Å². The van der Waals surface area contributed by atoms with E-state index >= 15 is 0 Å². The summed E-state index contributed by atoms with van der Waals surface area (Å²) >= 11 is 0. The highest BCUT2D eigenvalue weighted by Crippen LogP contribution is 2.10. The molecule has 3 nitrogen and oxygen atoms in total. The molecule has 2 aromatic rings. The zero-order valence-electron chi connectivity index (χ0n) is 10.6. The van der Waals surface area contributed by atoms with Crippen molar-refractivity contribution in [2.45, 2.75) is 6.42 Å². The highest BCUT2D eigenvalue weighted by Gasteiger charge is 2.09. The van der Waals surface area contributed by atoms with Gasteiger partial charge in [-0.1, -0.05) is 42.5 Å². The van der Waals surface area contributed by atoms with E-state index in [1.54, 1.807) is 24.3 Å².